The standard InChI is InChI=1S/C31H39N3O6S/c1-7-18-32-31(36)24(4)33(20-25-11-9-8-10-23(25)3)30(35)21-34(28-19-26(39-5)14-17-29(28)40-6)41(37,38)27-15-12-22(2)13-16-27/h8-17,19,24H,7,18,20-21H2,1-6H3,(H,32,36). The van der Waals surface area contributed by atoms with E-state index in [1.54, 1.807) is 31.2 Å². The molecule has 0 spiro atoms. The highest BCUT2D eigenvalue weighted by molar-refractivity contribution is 7.92. The molecule has 0 aliphatic heterocycles. The molecule has 0 aliphatic carbocycles. The summed E-state index contributed by atoms with van der Waals surface area (Å²) in [6.07, 6.45) is 0.738. The third-order valence-corrected chi connectivity index (χ3v) is 8.63. The lowest BCUT2D eigenvalue weighted by atomic mass is 10.1. The number of anilines is 1. The number of ether oxygens (including phenoxy) is 2. The maximum Gasteiger partial charge on any atom is 0.264 e. The van der Waals surface area contributed by atoms with Crippen LogP contribution in [0.1, 0.15) is 37.0 Å². The number of rotatable bonds is 13. The second-order valence-electron chi connectivity index (χ2n) is 9.78. The largest absolute Gasteiger partial charge is 0.497 e. The molecular formula is C31H39N3O6S. The van der Waals surface area contributed by atoms with Gasteiger partial charge in [-0.15, -0.1) is 0 Å². The molecule has 3 aromatic carbocycles. The highest BCUT2D eigenvalue weighted by atomic mass is 32.2. The van der Waals surface area contributed by atoms with Crippen LogP contribution in [0.5, 0.6) is 11.5 Å². The number of hydrogen-bond donors (Lipinski definition) is 1. The molecule has 220 valence electrons. The average Bonchev–Trinajstić information content (AvgIpc) is 2.97. The van der Waals surface area contributed by atoms with Crippen LogP contribution in [0.3, 0.4) is 0 Å². The van der Waals surface area contributed by atoms with Gasteiger partial charge in [-0.2, -0.15) is 0 Å². The highest BCUT2D eigenvalue weighted by Crippen LogP contribution is 2.36. The van der Waals surface area contributed by atoms with E-state index >= 15 is 0 Å². The van der Waals surface area contributed by atoms with Gasteiger partial charge in [-0.25, -0.2) is 8.42 Å². The SMILES string of the molecule is CCCNC(=O)C(C)N(Cc1ccccc1C)C(=O)CN(c1cc(OC)ccc1OC)S(=O)(=O)c1ccc(C)cc1. The number of hydrogen-bond acceptors (Lipinski definition) is 6. The van der Waals surface area contributed by atoms with E-state index in [1.807, 2.05) is 45.0 Å². The molecule has 9 nitrogen and oxygen atoms in total. The number of aryl methyl sites for hydroxylation is 2. The number of amides is 2. The summed E-state index contributed by atoms with van der Waals surface area (Å²) in [7, 11) is -1.36. The minimum atomic E-state index is -4.25. The Kier molecular flexibility index (Phi) is 10.8. The number of nitrogens with zero attached hydrogens (tertiary/aromatic N) is 2. The van der Waals surface area contributed by atoms with Gasteiger partial charge in [-0.1, -0.05) is 48.9 Å². The van der Waals surface area contributed by atoms with Gasteiger partial charge >= 0.3 is 0 Å². The molecular weight excluding hydrogens is 542 g/mol. The van der Waals surface area contributed by atoms with Crippen molar-refractivity contribution in [2.24, 2.45) is 0 Å². The third-order valence-electron chi connectivity index (χ3n) is 6.86. The highest BCUT2D eigenvalue weighted by Gasteiger charge is 2.34. The predicted molar refractivity (Wildman–Crippen MR) is 160 cm³/mol. The van der Waals surface area contributed by atoms with E-state index in [9.17, 15) is 18.0 Å². The van der Waals surface area contributed by atoms with Crippen molar-refractivity contribution in [2.75, 3.05) is 31.6 Å². The number of carbonyl (C=O) groups excluding carboxylic acids is 2. The quantitative estimate of drug-likeness (QED) is 0.320. The van der Waals surface area contributed by atoms with Gasteiger partial charge in [-0.05, 0) is 62.6 Å². The van der Waals surface area contributed by atoms with Crippen LogP contribution in [0, 0.1) is 13.8 Å². The van der Waals surface area contributed by atoms with Crippen LogP contribution < -0.4 is 19.1 Å². The lowest BCUT2D eigenvalue weighted by molar-refractivity contribution is -0.139. The zero-order valence-electron chi connectivity index (χ0n) is 24.5. The minimum Gasteiger partial charge on any atom is -0.497 e. The summed E-state index contributed by atoms with van der Waals surface area (Å²) in [6.45, 7) is 7.39. The third kappa shape index (κ3) is 7.58. The van der Waals surface area contributed by atoms with Gasteiger partial charge in [0.1, 0.15) is 24.1 Å². The van der Waals surface area contributed by atoms with Crippen molar-refractivity contribution in [1.82, 2.24) is 10.2 Å². The molecule has 0 aromatic heterocycles. The van der Waals surface area contributed by atoms with Crippen molar-refractivity contribution in [1.29, 1.82) is 0 Å². The molecule has 10 heteroatoms. The maximum absolute atomic E-state index is 14.1. The number of carbonyl (C=O) groups is 2. The minimum absolute atomic E-state index is 0.0139. The summed E-state index contributed by atoms with van der Waals surface area (Å²) in [5.74, 6) is -0.233. The normalized spacial score (nSPS) is 11.9. The Hall–Kier alpha value is -4.05. The molecule has 2 amide bonds. The molecule has 1 N–H and O–H groups in total. The van der Waals surface area contributed by atoms with Crippen molar-refractivity contribution in [3.63, 3.8) is 0 Å². The summed E-state index contributed by atoms with van der Waals surface area (Å²) >= 11 is 0. The molecule has 0 fully saturated rings. The fourth-order valence-corrected chi connectivity index (χ4v) is 5.71. The molecule has 1 unspecified atom stereocenters. The van der Waals surface area contributed by atoms with Gasteiger partial charge in [0.2, 0.25) is 11.8 Å². The second-order valence-corrected chi connectivity index (χ2v) is 11.6. The molecule has 1 atom stereocenters. The Bertz CT molecular complexity index is 1460. The number of sulfonamides is 1. The monoisotopic (exact) mass is 581 g/mol. The number of benzene rings is 3. The van der Waals surface area contributed by atoms with Crippen LogP contribution in [0.15, 0.2) is 71.6 Å². The Labute approximate surface area is 243 Å². The van der Waals surface area contributed by atoms with Crippen LogP contribution in [-0.4, -0.2) is 58.5 Å². The van der Waals surface area contributed by atoms with Crippen LogP contribution in [0.25, 0.3) is 0 Å². The van der Waals surface area contributed by atoms with E-state index in [-0.39, 0.29) is 28.8 Å². The molecule has 0 radical (unpaired) electrons. The van der Waals surface area contributed by atoms with Crippen molar-refractivity contribution in [3.8, 4) is 11.5 Å². The first-order valence-corrected chi connectivity index (χ1v) is 14.9. The Morgan fingerprint density at radius 2 is 1.63 bits per heavy atom. The fourth-order valence-electron chi connectivity index (χ4n) is 4.29. The van der Waals surface area contributed by atoms with E-state index in [0.717, 1.165) is 27.4 Å². The first kappa shape index (κ1) is 31.5. The summed E-state index contributed by atoms with van der Waals surface area (Å²) in [4.78, 5) is 28.6. The molecule has 0 heterocycles. The summed E-state index contributed by atoms with van der Waals surface area (Å²) in [5, 5.41) is 2.85. The van der Waals surface area contributed by atoms with Gasteiger partial charge in [0.05, 0.1) is 24.8 Å². The molecule has 0 aliphatic rings. The molecule has 3 rings (SSSR count). The predicted octanol–water partition coefficient (Wildman–Crippen LogP) is 4.46. The number of nitrogens with one attached hydrogen (secondary N) is 1. The maximum atomic E-state index is 14.1. The fraction of sp³-hybridized carbons (Fsp3) is 0.355. The lowest BCUT2D eigenvalue weighted by Gasteiger charge is -2.32. The molecule has 0 saturated carbocycles. The zero-order chi connectivity index (χ0) is 30.2. The lowest BCUT2D eigenvalue weighted by Crippen LogP contribution is -2.51. The second kappa shape index (κ2) is 14.0. The molecule has 0 saturated heterocycles. The van der Waals surface area contributed by atoms with Crippen molar-refractivity contribution >= 4 is 27.5 Å². The van der Waals surface area contributed by atoms with Crippen LogP contribution in [0.2, 0.25) is 0 Å². The van der Waals surface area contributed by atoms with Gasteiger partial charge < -0.3 is 19.7 Å². The summed E-state index contributed by atoms with van der Waals surface area (Å²) < 4.78 is 40.1. The van der Waals surface area contributed by atoms with E-state index in [2.05, 4.69) is 5.32 Å². The van der Waals surface area contributed by atoms with Gasteiger partial charge in [0.15, 0.2) is 0 Å². The molecule has 41 heavy (non-hydrogen) atoms. The Morgan fingerprint density at radius 3 is 2.24 bits per heavy atom. The van der Waals surface area contributed by atoms with Crippen LogP contribution in [0.4, 0.5) is 5.69 Å². The first-order valence-electron chi connectivity index (χ1n) is 13.5. The van der Waals surface area contributed by atoms with Gasteiger partial charge in [0.25, 0.3) is 10.0 Å². The van der Waals surface area contributed by atoms with E-state index in [4.69, 9.17) is 9.47 Å². The van der Waals surface area contributed by atoms with Crippen LogP contribution >= 0.6 is 0 Å². The van der Waals surface area contributed by atoms with Gasteiger partial charge in [0, 0.05) is 19.2 Å². The van der Waals surface area contributed by atoms with Crippen molar-refractivity contribution in [3.05, 3.63) is 83.4 Å². The van der Waals surface area contributed by atoms with E-state index in [1.165, 1.54) is 37.3 Å². The van der Waals surface area contributed by atoms with E-state index in [0.29, 0.717) is 12.3 Å². The molecule has 3 aromatic rings. The van der Waals surface area contributed by atoms with Crippen molar-refractivity contribution < 1.29 is 27.5 Å². The van der Waals surface area contributed by atoms with Crippen LogP contribution in [-0.2, 0) is 26.2 Å². The Balaban J connectivity index is 2.12. The smallest absolute Gasteiger partial charge is 0.264 e. The Morgan fingerprint density at radius 1 is 0.951 bits per heavy atom. The van der Waals surface area contributed by atoms with Crippen molar-refractivity contribution in [2.45, 2.75) is 51.6 Å². The summed E-state index contributed by atoms with van der Waals surface area (Å²) in [6, 6.07) is 17.9. The molecule has 0 bridgehead atoms. The topological polar surface area (TPSA) is 105 Å². The zero-order valence-corrected chi connectivity index (χ0v) is 25.3. The van der Waals surface area contributed by atoms with E-state index < -0.39 is 28.5 Å². The summed E-state index contributed by atoms with van der Waals surface area (Å²) in [5.41, 5.74) is 2.83. The number of methoxy groups -OCH3 is 2. The average molecular weight is 582 g/mol. The first-order chi connectivity index (χ1) is 19.5. The van der Waals surface area contributed by atoms with Gasteiger partial charge in [-0.3, -0.25) is 13.9 Å².